The van der Waals surface area contributed by atoms with E-state index in [4.69, 9.17) is 18.9 Å². The minimum atomic E-state index is -0.272. The average molecular weight is 408 g/mol. The molecule has 1 unspecified atom stereocenters. The second-order valence-corrected chi connectivity index (χ2v) is 7.92. The van der Waals surface area contributed by atoms with E-state index in [-0.39, 0.29) is 24.7 Å². The topological polar surface area (TPSA) is 69.3 Å². The Hall–Kier alpha value is -3.35. The molecule has 1 N–H and O–H groups in total. The second-order valence-electron chi connectivity index (χ2n) is 7.92. The number of anilines is 1. The molecule has 2 aromatic carbocycles. The van der Waals surface area contributed by atoms with Crippen LogP contribution in [0.5, 0.6) is 23.0 Å². The van der Waals surface area contributed by atoms with Crippen LogP contribution in [-0.2, 0) is 4.79 Å². The number of nitrogens with zero attached hydrogens (tertiary/aromatic N) is 1. The maximum atomic E-state index is 13.4. The molecule has 0 radical (unpaired) electrons. The summed E-state index contributed by atoms with van der Waals surface area (Å²) in [6.07, 6.45) is 0. The van der Waals surface area contributed by atoms with Gasteiger partial charge in [-0.1, -0.05) is 0 Å². The number of methoxy groups -OCH3 is 2. The Morgan fingerprint density at radius 1 is 1.03 bits per heavy atom. The number of hydrogen-bond acceptors (Lipinski definition) is 6. The van der Waals surface area contributed by atoms with Crippen molar-refractivity contribution in [1.29, 1.82) is 0 Å². The van der Waals surface area contributed by atoms with Crippen molar-refractivity contribution >= 4 is 11.6 Å². The first-order valence-electron chi connectivity index (χ1n) is 9.97. The molecule has 7 heteroatoms. The number of carbonyl (C=O) groups excluding carboxylic acids is 1. The third kappa shape index (κ3) is 2.76. The molecule has 0 spiro atoms. The highest BCUT2D eigenvalue weighted by Gasteiger charge is 2.42. The monoisotopic (exact) mass is 408 g/mol. The lowest BCUT2D eigenvalue weighted by Crippen LogP contribution is -2.34. The fourth-order valence-electron chi connectivity index (χ4n) is 4.40. The van der Waals surface area contributed by atoms with Crippen molar-refractivity contribution in [3.63, 3.8) is 0 Å². The molecule has 1 amide bonds. The number of hydrogen-bond donors (Lipinski definition) is 1. The van der Waals surface area contributed by atoms with Crippen molar-refractivity contribution in [1.82, 2.24) is 4.90 Å². The lowest BCUT2D eigenvalue weighted by atomic mass is 9.80. The zero-order valence-electron chi connectivity index (χ0n) is 17.4. The van der Waals surface area contributed by atoms with Crippen molar-refractivity contribution in [2.45, 2.75) is 25.8 Å². The van der Waals surface area contributed by atoms with Crippen LogP contribution in [0, 0.1) is 0 Å². The SMILES string of the molecule is COc1cc(OC)cc(C2C3=C(CN(C(C)C)C3=O)Nc3cc4c(cc32)OCO4)c1. The molecule has 3 aliphatic rings. The summed E-state index contributed by atoms with van der Waals surface area (Å²) < 4.78 is 22.2. The van der Waals surface area contributed by atoms with Crippen LogP contribution >= 0.6 is 0 Å². The van der Waals surface area contributed by atoms with Gasteiger partial charge < -0.3 is 29.2 Å². The molecule has 2 aromatic rings. The number of nitrogens with one attached hydrogen (secondary N) is 1. The molecule has 7 nitrogen and oxygen atoms in total. The number of amides is 1. The van der Waals surface area contributed by atoms with Crippen LogP contribution in [0.1, 0.15) is 30.9 Å². The normalized spacial score (nSPS) is 19.0. The van der Waals surface area contributed by atoms with E-state index < -0.39 is 0 Å². The van der Waals surface area contributed by atoms with Gasteiger partial charge >= 0.3 is 0 Å². The maximum absolute atomic E-state index is 13.4. The lowest BCUT2D eigenvalue weighted by molar-refractivity contribution is -0.127. The molecule has 30 heavy (non-hydrogen) atoms. The maximum Gasteiger partial charge on any atom is 0.253 e. The summed E-state index contributed by atoms with van der Waals surface area (Å²) in [5.74, 6) is 2.52. The van der Waals surface area contributed by atoms with E-state index in [9.17, 15) is 4.79 Å². The highest BCUT2D eigenvalue weighted by Crippen LogP contribution is 2.50. The molecule has 156 valence electrons. The van der Waals surface area contributed by atoms with Gasteiger partial charge in [-0.05, 0) is 43.2 Å². The molecule has 0 aliphatic carbocycles. The summed E-state index contributed by atoms with van der Waals surface area (Å²) in [4.78, 5) is 15.3. The molecule has 0 fully saturated rings. The fraction of sp³-hybridized carbons (Fsp3) is 0.348. The quantitative estimate of drug-likeness (QED) is 0.835. The predicted molar refractivity (Wildman–Crippen MR) is 111 cm³/mol. The third-order valence-electron chi connectivity index (χ3n) is 5.91. The van der Waals surface area contributed by atoms with Crippen molar-refractivity contribution < 1.29 is 23.7 Å². The van der Waals surface area contributed by atoms with Crippen molar-refractivity contribution in [2.75, 3.05) is 32.9 Å². The fourth-order valence-corrected chi connectivity index (χ4v) is 4.40. The molecule has 0 saturated heterocycles. The third-order valence-corrected chi connectivity index (χ3v) is 5.91. The average Bonchev–Trinajstić information content (AvgIpc) is 3.33. The number of benzene rings is 2. The molecule has 3 aliphatic heterocycles. The van der Waals surface area contributed by atoms with E-state index in [1.807, 2.05) is 49.1 Å². The first-order valence-corrected chi connectivity index (χ1v) is 9.97. The lowest BCUT2D eigenvalue weighted by Gasteiger charge is -2.28. The van der Waals surface area contributed by atoms with Crippen LogP contribution in [-0.4, -0.2) is 44.4 Å². The second kappa shape index (κ2) is 6.86. The highest BCUT2D eigenvalue weighted by atomic mass is 16.7. The first kappa shape index (κ1) is 18.7. The zero-order valence-corrected chi connectivity index (χ0v) is 17.4. The van der Waals surface area contributed by atoms with Crippen LogP contribution in [0.15, 0.2) is 41.6 Å². The number of fused-ring (bicyclic) bond motifs is 2. The summed E-state index contributed by atoms with van der Waals surface area (Å²) in [5.41, 5.74) is 4.49. The van der Waals surface area contributed by atoms with E-state index in [0.29, 0.717) is 29.5 Å². The minimum Gasteiger partial charge on any atom is -0.497 e. The van der Waals surface area contributed by atoms with Gasteiger partial charge in [0, 0.05) is 35.5 Å². The van der Waals surface area contributed by atoms with Crippen LogP contribution in [0.2, 0.25) is 0 Å². The van der Waals surface area contributed by atoms with E-state index in [1.54, 1.807) is 14.2 Å². The number of rotatable bonds is 4. The Morgan fingerprint density at radius 2 is 1.70 bits per heavy atom. The van der Waals surface area contributed by atoms with Crippen molar-refractivity contribution in [3.8, 4) is 23.0 Å². The van der Waals surface area contributed by atoms with Crippen LogP contribution in [0.25, 0.3) is 0 Å². The molecular formula is C23H24N2O5. The Balaban J connectivity index is 1.71. The van der Waals surface area contributed by atoms with Crippen molar-refractivity contribution in [2.24, 2.45) is 0 Å². The van der Waals surface area contributed by atoms with Gasteiger partial charge in [-0.15, -0.1) is 0 Å². The molecular weight excluding hydrogens is 384 g/mol. The van der Waals surface area contributed by atoms with E-state index in [2.05, 4.69) is 5.32 Å². The number of carbonyl (C=O) groups is 1. The van der Waals surface area contributed by atoms with Crippen molar-refractivity contribution in [3.05, 3.63) is 52.7 Å². The van der Waals surface area contributed by atoms with E-state index in [1.165, 1.54) is 0 Å². The van der Waals surface area contributed by atoms with Gasteiger partial charge in [0.2, 0.25) is 6.79 Å². The highest BCUT2D eigenvalue weighted by molar-refractivity contribution is 6.02. The summed E-state index contributed by atoms with van der Waals surface area (Å²) in [7, 11) is 3.25. The summed E-state index contributed by atoms with van der Waals surface area (Å²) in [6.45, 7) is 4.81. The number of ether oxygens (including phenoxy) is 4. The van der Waals surface area contributed by atoms with Gasteiger partial charge in [0.25, 0.3) is 5.91 Å². The summed E-state index contributed by atoms with van der Waals surface area (Å²) in [5, 5.41) is 3.48. The van der Waals surface area contributed by atoms with E-state index in [0.717, 1.165) is 28.1 Å². The first-order chi connectivity index (χ1) is 14.5. The molecule has 0 saturated carbocycles. The largest absolute Gasteiger partial charge is 0.497 e. The van der Waals surface area contributed by atoms with Gasteiger partial charge in [-0.3, -0.25) is 4.79 Å². The summed E-state index contributed by atoms with van der Waals surface area (Å²) >= 11 is 0. The zero-order chi connectivity index (χ0) is 21.0. The van der Waals surface area contributed by atoms with Crippen LogP contribution in [0.4, 0.5) is 5.69 Å². The molecule has 1 atom stereocenters. The van der Waals surface area contributed by atoms with Gasteiger partial charge in [0.1, 0.15) is 11.5 Å². The van der Waals surface area contributed by atoms with E-state index >= 15 is 0 Å². The standard InChI is InChI=1S/C23H24N2O5/c1-12(2)25-10-18-22(23(25)26)21(13-5-14(27-3)7-15(6-13)28-4)16-8-19-20(30-11-29-19)9-17(16)24-18/h5-9,12,21,24H,10-11H2,1-4H3. The van der Waals surface area contributed by atoms with Crippen LogP contribution in [0.3, 0.4) is 0 Å². The Labute approximate surface area is 175 Å². The molecule has 3 heterocycles. The Morgan fingerprint density at radius 3 is 2.33 bits per heavy atom. The smallest absolute Gasteiger partial charge is 0.253 e. The molecule has 5 rings (SSSR count). The van der Waals surface area contributed by atoms with Gasteiger partial charge in [0.05, 0.1) is 26.3 Å². The summed E-state index contributed by atoms with van der Waals surface area (Å²) in [6, 6.07) is 9.78. The van der Waals surface area contributed by atoms with Gasteiger partial charge in [-0.25, -0.2) is 0 Å². The van der Waals surface area contributed by atoms with Crippen LogP contribution < -0.4 is 24.3 Å². The molecule has 0 bridgehead atoms. The minimum absolute atomic E-state index is 0.0441. The predicted octanol–water partition coefficient (Wildman–Crippen LogP) is 3.49. The van der Waals surface area contributed by atoms with Gasteiger partial charge in [0.15, 0.2) is 11.5 Å². The molecule has 0 aromatic heterocycles. The Bertz CT molecular complexity index is 1050. The Kier molecular flexibility index (Phi) is 4.27. The van der Waals surface area contributed by atoms with Gasteiger partial charge in [-0.2, -0.15) is 0 Å².